The average molecular weight is 325 g/mol. The van der Waals surface area contributed by atoms with E-state index in [0.717, 1.165) is 0 Å². The summed E-state index contributed by atoms with van der Waals surface area (Å²) in [5, 5.41) is 2.71. The van der Waals surface area contributed by atoms with Gasteiger partial charge in [-0.2, -0.15) is 0 Å². The van der Waals surface area contributed by atoms with Gasteiger partial charge in [-0.15, -0.1) is 0 Å². The van der Waals surface area contributed by atoms with E-state index >= 15 is 0 Å². The first kappa shape index (κ1) is 16.5. The number of ether oxygens (including phenoxy) is 1. The summed E-state index contributed by atoms with van der Waals surface area (Å²) in [6, 6.07) is 6.48. The molecule has 0 aliphatic carbocycles. The molecule has 1 aliphatic heterocycles. The fraction of sp³-hybridized carbons (Fsp3) is 0.467. The first-order chi connectivity index (χ1) is 10.2. The molecule has 0 aromatic heterocycles. The van der Waals surface area contributed by atoms with Gasteiger partial charge < -0.3 is 10.1 Å². The van der Waals surface area contributed by atoms with E-state index in [1.807, 2.05) is 0 Å². The lowest BCUT2D eigenvalue weighted by Crippen LogP contribution is -2.48. The van der Waals surface area contributed by atoms with E-state index in [-0.39, 0.29) is 29.8 Å². The van der Waals surface area contributed by atoms with Crippen molar-refractivity contribution in [1.82, 2.24) is 5.32 Å². The lowest BCUT2D eigenvalue weighted by Gasteiger charge is -2.23. The van der Waals surface area contributed by atoms with E-state index in [2.05, 4.69) is 5.32 Å². The Hall–Kier alpha value is -1.89. The summed E-state index contributed by atoms with van der Waals surface area (Å²) >= 11 is 0. The smallest absolute Gasteiger partial charge is 0.258 e. The summed E-state index contributed by atoms with van der Waals surface area (Å²) in [5.41, 5.74) is -0.155. The number of nitrogens with one attached hydrogen (secondary N) is 1. The highest BCUT2D eigenvalue weighted by atomic mass is 32.2. The van der Waals surface area contributed by atoms with Crippen LogP contribution < -0.4 is 10.1 Å². The highest BCUT2D eigenvalue weighted by Crippen LogP contribution is 2.22. The Balaban J connectivity index is 1.87. The number of hydrogen-bond acceptors (Lipinski definition) is 5. The maximum Gasteiger partial charge on any atom is 0.258 e. The molecule has 1 saturated heterocycles. The predicted molar refractivity (Wildman–Crippen MR) is 81.8 cm³/mol. The Morgan fingerprint density at radius 3 is 2.41 bits per heavy atom. The molecule has 1 aliphatic rings. The summed E-state index contributed by atoms with van der Waals surface area (Å²) in [6.45, 7) is 2.99. The van der Waals surface area contributed by atoms with Crippen LogP contribution in [-0.2, 0) is 14.6 Å². The third kappa shape index (κ3) is 4.30. The highest BCUT2D eigenvalue weighted by Gasteiger charge is 2.39. The Kier molecular flexibility index (Phi) is 4.55. The molecule has 7 heteroatoms. The fourth-order valence-corrected chi connectivity index (χ4v) is 4.51. The van der Waals surface area contributed by atoms with Gasteiger partial charge in [0, 0.05) is 5.56 Å². The molecule has 1 fully saturated rings. The predicted octanol–water partition coefficient (Wildman–Crippen LogP) is 0.961. The molecule has 6 nitrogen and oxygen atoms in total. The van der Waals surface area contributed by atoms with Crippen molar-refractivity contribution in [2.45, 2.75) is 25.8 Å². The number of Topliss-reactive ketones (excluding diaryl/α,β-unsaturated/α-hetero) is 1. The number of benzene rings is 1. The summed E-state index contributed by atoms with van der Waals surface area (Å²) < 4.78 is 28.3. The van der Waals surface area contributed by atoms with E-state index in [9.17, 15) is 18.0 Å². The van der Waals surface area contributed by atoms with Crippen molar-refractivity contribution in [1.29, 1.82) is 0 Å². The topological polar surface area (TPSA) is 89.5 Å². The van der Waals surface area contributed by atoms with Gasteiger partial charge in [-0.3, -0.25) is 9.59 Å². The molecule has 22 heavy (non-hydrogen) atoms. The highest BCUT2D eigenvalue weighted by molar-refractivity contribution is 7.91. The van der Waals surface area contributed by atoms with Crippen molar-refractivity contribution in [2.24, 2.45) is 0 Å². The molecule has 2 rings (SSSR count). The van der Waals surface area contributed by atoms with Crippen molar-refractivity contribution in [2.75, 3.05) is 18.1 Å². The number of amides is 1. The van der Waals surface area contributed by atoms with Crippen molar-refractivity contribution in [3.05, 3.63) is 29.8 Å². The van der Waals surface area contributed by atoms with E-state index in [0.29, 0.717) is 17.7 Å². The Morgan fingerprint density at radius 1 is 1.27 bits per heavy atom. The second-order valence-electron chi connectivity index (χ2n) is 5.82. The van der Waals surface area contributed by atoms with Gasteiger partial charge in [0.25, 0.3) is 5.91 Å². The SMILES string of the molecule is CC(=O)c1ccc(OCC(=O)NC2(C)CCS(=O)(=O)C2)cc1. The quantitative estimate of drug-likeness (QED) is 0.815. The first-order valence-electron chi connectivity index (χ1n) is 6.94. The van der Waals surface area contributed by atoms with Crippen molar-refractivity contribution in [3.8, 4) is 5.75 Å². The molecule has 120 valence electrons. The molecule has 1 aromatic rings. The van der Waals surface area contributed by atoms with Crippen LogP contribution >= 0.6 is 0 Å². The minimum absolute atomic E-state index is 0.0420. The molecular formula is C15H19NO5S. The Labute approximate surface area is 129 Å². The largest absolute Gasteiger partial charge is 0.484 e. The minimum Gasteiger partial charge on any atom is -0.484 e. The first-order valence-corrected chi connectivity index (χ1v) is 8.77. The van der Waals surface area contributed by atoms with Crippen LogP contribution in [0.1, 0.15) is 30.6 Å². The number of carbonyl (C=O) groups is 2. The van der Waals surface area contributed by atoms with E-state index in [4.69, 9.17) is 4.74 Å². The second-order valence-corrected chi connectivity index (χ2v) is 8.00. The monoisotopic (exact) mass is 325 g/mol. The van der Waals surface area contributed by atoms with Crippen LogP contribution in [-0.4, -0.2) is 43.8 Å². The van der Waals surface area contributed by atoms with Crippen LogP contribution in [0.5, 0.6) is 5.75 Å². The zero-order chi connectivity index (χ0) is 16.4. The van der Waals surface area contributed by atoms with Gasteiger partial charge in [-0.25, -0.2) is 8.42 Å². The number of hydrogen-bond donors (Lipinski definition) is 1. The number of ketones is 1. The summed E-state index contributed by atoms with van der Waals surface area (Å²) in [7, 11) is -3.07. The molecule has 0 spiro atoms. The lowest BCUT2D eigenvalue weighted by atomic mass is 10.0. The van der Waals surface area contributed by atoms with Gasteiger partial charge in [0.1, 0.15) is 5.75 Å². The number of rotatable bonds is 5. The number of carbonyl (C=O) groups excluding carboxylic acids is 2. The van der Waals surface area contributed by atoms with E-state index < -0.39 is 15.4 Å². The molecule has 1 atom stereocenters. The van der Waals surface area contributed by atoms with Crippen LogP contribution in [0.15, 0.2) is 24.3 Å². The van der Waals surface area contributed by atoms with Gasteiger partial charge in [0.05, 0.1) is 17.0 Å². The molecule has 0 bridgehead atoms. The van der Waals surface area contributed by atoms with Gasteiger partial charge in [0.2, 0.25) is 0 Å². The van der Waals surface area contributed by atoms with Gasteiger partial charge >= 0.3 is 0 Å². The van der Waals surface area contributed by atoms with E-state index in [1.165, 1.54) is 6.92 Å². The minimum atomic E-state index is -3.07. The summed E-state index contributed by atoms with van der Waals surface area (Å²) in [4.78, 5) is 23.0. The standard InChI is InChI=1S/C15H19NO5S/c1-11(17)12-3-5-13(6-4-12)21-9-14(18)16-15(2)7-8-22(19,20)10-15/h3-6H,7-10H2,1-2H3,(H,16,18). The normalized spacial score (nSPS) is 23.0. The van der Waals surface area contributed by atoms with Crippen LogP contribution in [0.2, 0.25) is 0 Å². The summed E-state index contributed by atoms with van der Waals surface area (Å²) in [5.74, 6) is 0.121. The van der Waals surface area contributed by atoms with Gasteiger partial charge in [-0.1, -0.05) is 0 Å². The molecular weight excluding hydrogens is 306 g/mol. The van der Waals surface area contributed by atoms with Crippen molar-refractivity contribution in [3.63, 3.8) is 0 Å². The molecule has 1 N–H and O–H groups in total. The van der Waals surface area contributed by atoms with Gasteiger partial charge in [0.15, 0.2) is 22.2 Å². The molecule has 0 radical (unpaired) electrons. The average Bonchev–Trinajstić information content (AvgIpc) is 2.70. The Bertz CT molecular complexity index is 680. The second kappa shape index (κ2) is 6.08. The molecule has 1 heterocycles. The van der Waals surface area contributed by atoms with Crippen LogP contribution in [0.3, 0.4) is 0 Å². The van der Waals surface area contributed by atoms with Crippen molar-refractivity contribution < 1.29 is 22.7 Å². The Morgan fingerprint density at radius 2 is 1.91 bits per heavy atom. The third-order valence-electron chi connectivity index (χ3n) is 3.58. The zero-order valence-electron chi connectivity index (χ0n) is 12.6. The van der Waals surface area contributed by atoms with Crippen LogP contribution in [0, 0.1) is 0 Å². The van der Waals surface area contributed by atoms with Crippen LogP contribution in [0.4, 0.5) is 0 Å². The van der Waals surface area contributed by atoms with Crippen LogP contribution in [0.25, 0.3) is 0 Å². The molecule has 1 unspecified atom stereocenters. The molecule has 0 saturated carbocycles. The van der Waals surface area contributed by atoms with E-state index in [1.54, 1.807) is 31.2 Å². The zero-order valence-corrected chi connectivity index (χ0v) is 13.4. The van der Waals surface area contributed by atoms with Crippen molar-refractivity contribution >= 4 is 21.5 Å². The maximum absolute atomic E-state index is 11.9. The lowest BCUT2D eigenvalue weighted by molar-refractivity contribution is -0.124. The fourth-order valence-electron chi connectivity index (χ4n) is 2.42. The molecule has 1 amide bonds. The molecule has 1 aromatic carbocycles. The number of sulfone groups is 1. The maximum atomic E-state index is 11.9. The summed E-state index contributed by atoms with van der Waals surface area (Å²) in [6.07, 6.45) is 0.411. The van der Waals surface area contributed by atoms with Gasteiger partial charge in [-0.05, 0) is 44.5 Å². The third-order valence-corrected chi connectivity index (χ3v) is 5.48.